The zero-order valence-corrected chi connectivity index (χ0v) is 15.4. The zero-order chi connectivity index (χ0) is 18.8. The number of ether oxygens (including phenoxy) is 1. The van der Waals surface area contributed by atoms with Crippen LogP contribution in [0.3, 0.4) is 0 Å². The third-order valence-electron chi connectivity index (χ3n) is 5.58. The van der Waals surface area contributed by atoms with E-state index in [2.05, 4.69) is 0 Å². The molecule has 144 valence electrons. The molecule has 1 aromatic carbocycles. The smallest absolute Gasteiger partial charge is 0.253 e. The lowest BCUT2D eigenvalue weighted by atomic mass is 10.1. The van der Waals surface area contributed by atoms with E-state index in [1.807, 2.05) is 17.0 Å². The van der Waals surface area contributed by atoms with E-state index in [0.717, 1.165) is 31.5 Å². The number of amides is 3. The topological polar surface area (TPSA) is 70.2 Å². The van der Waals surface area contributed by atoms with Crippen LogP contribution < -0.4 is 4.90 Å². The maximum Gasteiger partial charge on any atom is 0.253 e. The van der Waals surface area contributed by atoms with Crippen molar-refractivity contribution in [2.75, 3.05) is 44.2 Å². The highest BCUT2D eigenvalue weighted by atomic mass is 16.5. The number of benzene rings is 1. The molecular weight excluding hydrogens is 346 g/mol. The van der Waals surface area contributed by atoms with E-state index in [9.17, 15) is 14.4 Å². The van der Waals surface area contributed by atoms with Crippen LogP contribution in [0.5, 0.6) is 0 Å². The van der Waals surface area contributed by atoms with Crippen LogP contribution >= 0.6 is 0 Å². The molecule has 0 radical (unpaired) electrons. The first-order chi connectivity index (χ1) is 13.1. The molecule has 7 nitrogen and oxygen atoms in total. The summed E-state index contributed by atoms with van der Waals surface area (Å²) in [6.07, 6.45) is 2.91. The lowest BCUT2D eigenvalue weighted by Crippen LogP contribution is -2.52. The molecular formula is C20H25N3O4. The van der Waals surface area contributed by atoms with E-state index < -0.39 is 0 Å². The second kappa shape index (κ2) is 7.68. The Hall–Kier alpha value is -2.41. The number of hydrogen-bond donors (Lipinski definition) is 0. The summed E-state index contributed by atoms with van der Waals surface area (Å²) in [6, 6.07) is 7.25. The van der Waals surface area contributed by atoms with Crippen LogP contribution in [0.25, 0.3) is 0 Å². The second-order valence-electron chi connectivity index (χ2n) is 7.31. The molecule has 0 saturated carbocycles. The number of carbonyl (C=O) groups is 3. The minimum absolute atomic E-state index is 0.0292. The van der Waals surface area contributed by atoms with E-state index in [0.29, 0.717) is 44.8 Å². The van der Waals surface area contributed by atoms with Crippen molar-refractivity contribution in [1.29, 1.82) is 0 Å². The molecule has 3 saturated heterocycles. The Kier molecular flexibility index (Phi) is 5.11. The molecule has 0 bridgehead atoms. The van der Waals surface area contributed by atoms with Crippen LogP contribution in [0.1, 0.15) is 36.0 Å². The van der Waals surface area contributed by atoms with Crippen molar-refractivity contribution in [3.05, 3.63) is 29.8 Å². The molecule has 3 heterocycles. The first-order valence-electron chi connectivity index (χ1n) is 9.73. The quantitative estimate of drug-likeness (QED) is 0.803. The predicted octanol–water partition coefficient (Wildman–Crippen LogP) is 1.28. The van der Waals surface area contributed by atoms with E-state index >= 15 is 0 Å². The summed E-state index contributed by atoms with van der Waals surface area (Å²) in [5, 5.41) is 0. The molecule has 3 aliphatic heterocycles. The third-order valence-corrected chi connectivity index (χ3v) is 5.58. The van der Waals surface area contributed by atoms with Crippen LogP contribution in [-0.4, -0.2) is 73.0 Å². The maximum absolute atomic E-state index is 12.7. The van der Waals surface area contributed by atoms with Crippen molar-refractivity contribution in [2.45, 2.75) is 31.8 Å². The van der Waals surface area contributed by atoms with Gasteiger partial charge in [0.1, 0.15) is 6.10 Å². The van der Waals surface area contributed by atoms with Crippen molar-refractivity contribution in [1.82, 2.24) is 9.80 Å². The summed E-state index contributed by atoms with van der Waals surface area (Å²) < 4.78 is 5.47. The van der Waals surface area contributed by atoms with E-state index in [-0.39, 0.29) is 23.8 Å². The van der Waals surface area contributed by atoms with Gasteiger partial charge in [-0.1, -0.05) is 0 Å². The monoisotopic (exact) mass is 371 g/mol. The molecule has 0 spiro atoms. The molecule has 3 aliphatic rings. The fourth-order valence-corrected chi connectivity index (χ4v) is 3.99. The van der Waals surface area contributed by atoms with Crippen LogP contribution in [0.15, 0.2) is 24.3 Å². The zero-order valence-electron chi connectivity index (χ0n) is 15.4. The molecule has 0 unspecified atom stereocenters. The van der Waals surface area contributed by atoms with E-state index in [1.165, 1.54) is 0 Å². The Morgan fingerprint density at radius 1 is 0.926 bits per heavy atom. The standard InChI is InChI=1S/C20H25N3O4/c24-18-4-1-9-23(18)16-7-5-15(6-8-16)19(25)21-10-12-22(13-11-21)20(26)17-3-2-14-27-17/h5-8,17H,1-4,9-14H2/t17-/m1/s1. The van der Waals surface area contributed by atoms with Gasteiger partial charge in [0.25, 0.3) is 11.8 Å². The second-order valence-corrected chi connectivity index (χ2v) is 7.31. The van der Waals surface area contributed by atoms with E-state index in [1.54, 1.807) is 21.9 Å². The van der Waals surface area contributed by atoms with Gasteiger partial charge in [0, 0.05) is 57.0 Å². The molecule has 1 atom stereocenters. The van der Waals surface area contributed by atoms with Crippen LogP contribution in [-0.2, 0) is 14.3 Å². The van der Waals surface area contributed by atoms with Crippen molar-refractivity contribution < 1.29 is 19.1 Å². The molecule has 3 amide bonds. The lowest BCUT2D eigenvalue weighted by Gasteiger charge is -2.35. The fourth-order valence-electron chi connectivity index (χ4n) is 3.99. The molecule has 1 aromatic rings. The van der Waals surface area contributed by atoms with Gasteiger partial charge < -0.3 is 19.4 Å². The van der Waals surface area contributed by atoms with Crippen LogP contribution in [0.2, 0.25) is 0 Å². The molecule has 4 rings (SSSR count). The Labute approximate surface area is 158 Å². The number of piperazine rings is 1. The lowest BCUT2D eigenvalue weighted by molar-refractivity contribution is -0.142. The Morgan fingerprint density at radius 3 is 2.22 bits per heavy atom. The summed E-state index contributed by atoms with van der Waals surface area (Å²) in [4.78, 5) is 42.3. The summed E-state index contributed by atoms with van der Waals surface area (Å²) in [5.41, 5.74) is 1.46. The number of rotatable bonds is 3. The molecule has 3 fully saturated rings. The van der Waals surface area contributed by atoms with Crippen molar-refractivity contribution >= 4 is 23.4 Å². The van der Waals surface area contributed by atoms with Crippen molar-refractivity contribution in [3.63, 3.8) is 0 Å². The van der Waals surface area contributed by atoms with Crippen molar-refractivity contribution in [3.8, 4) is 0 Å². The van der Waals surface area contributed by atoms with Gasteiger partial charge in [0.2, 0.25) is 5.91 Å². The van der Waals surface area contributed by atoms with Gasteiger partial charge >= 0.3 is 0 Å². The summed E-state index contributed by atoms with van der Waals surface area (Å²) in [7, 11) is 0. The van der Waals surface area contributed by atoms with Gasteiger partial charge in [-0.05, 0) is 43.5 Å². The van der Waals surface area contributed by atoms with Gasteiger partial charge in [-0.15, -0.1) is 0 Å². The fraction of sp³-hybridized carbons (Fsp3) is 0.550. The highest BCUT2D eigenvalue weighted by Crippen LogP contribution is 2.22. The molecule has 0 aromatic heterocycles. The largest absolute Gasteiger partial charge is 0.368 e. The van der Waals surface area contributed by atoms with Gasteiger partial charge in [-0.3, -0.25) is 14.4 Å². The molecule has 0 aliphatic carbocycles. The SMILES string of the molecule is O=C(c1ccc(N2CCCC2=O)cc1)N1CCN(C(=O)[C@H]2CCCO2)CC1. The first-order valence-corrected chi connectivity index (χ1v) is 9.73. The third kappa shape index (κ3) is 3.69. The van der Waals surface area contributed by atoms with Crippen LogP contribution in [0, 0.1) is 0 Å². The minimum Gasteiger partial charge on any atom is -0.368 e. The average molecular weight is 371 g/mol. The van der Waals surface area contributed by atoms with Gasteiger partial charge in [0.15, 0.2) is 0 Å². The number of nitrogens with zero attached hydrogens (tertiary/aromatic N) is 3. The minimum atomic E-state index is -0.298. The maximum atomic E-state index is 12.7. The number of anilines is 1. The predicted molar refractivity (Wildman–Crippen MR) is 99.5 cm³/mol. The highest BCUT2D eigenvalue weighted by molar-refractivity contribution is 5.97. The molecule has 0 N–H and O–H groups in total. The summed E-state index contributed by atoms with van der Waals surface area (Å²) in [5.74, 6) is 0.166. The average Bonchev–Trinajstić information content (AvgIpc) is 3.39. The van der Waals surface area contributed by atoms with Gasteiger partial charge in [-0.25, -0.2) is 0 Å². The Morgan fingerprint density at radius 2 is 1.63 bits per heavy atom. The Bertz CT molecular complexity index is 719. The van der Waals surface area contributed by atoms with Crippen molar-refractivity contribution in [2.24, 2.45) is 0 Å². The normalized spacial score (nSPS) is 23.2. The Balaban J connectivity index is 1.33. The van der Waals surface area contributed by atoms with E-state index in [4.69, 9.17) is 4.74 Å². The number of hydrogen-bond acceptors (Lipinski definition) is 4. The van der Waals surface area contributed by atoms with Gasteiger partial charge in [-0.2, -0.15) is 0 Å². The number of carbonyl (C=O) groups excluding carboxylic acids is 3. The van der Waals surface area contributed by atoms with Gasteiger partial charge in [0.05, 0.1) is 0 Å². The summed E-state index contributed by atoms with van der Waals surface area (Å²) >= 11 is 0. The summed E-state index contributed by atoms with van der Waals surface area (Å²) in [6.45, 7) is 3.56. The highest BCUT2D eigenvalue weighted by Gasteiger charge is 2.31. The first kappa shape index (κ1) is 18.0. The molecule has 27 heavy (non-hydrogen) atoms. The molecule has 7 heteroatoms. The van der Waals surface area contributed by atoms with Crippen LogP contribution in [0.4, 0.5) is 5.69 Å².